The van der Waals surface area contributed by atoms with Gasteiger partial charge in [0.25, 0.3) is 5.91 Å². The lowest BCUT2D eigenvalue weighted by Crippen LogP contribution is -2.40. The van der Waals surface area contributed by atoms with Gasteiger partial charge in [-0.2, -0.15) is 10.1 Å². The molecule has 1 aromatic carbocycles. The van der Waals surface area contributed by atoms with Gasteiger partial charge in [-0.05, 0) is 39.1 Å². The first-order valence-corrected chi connectivity index (χ1v) is 12.8. The number of nitrogens with one attached hydrogen (secondary N) is 2. The first kappa shape index (κ1) is 27.9. The van der Waals surface area contributed by atoms with Crippen molar-refractivity contribution < 1.29 is 14.3 Å². The number of benzene rings is 1. The van der Waals surface area contributed by atoms with E-state index in [1.165, 1.54) is 13.3 Å². The third-order valence-electron chi connectivity index (χ3n) is 6.16. The van der Waals surface area contributed by atoms with E-state index in [0.29, 0.717) is 35.2 Å². The van der Waals surface area contributed by atoms with Crippen molar-refractivity contribution in [2.45, 2.75) is 18.9 Å². The van der Waals surface area contributed by atoms with Gasteiger partial charge in [0.05, 0.1) is 30.1 Å². The van der Waals surface area contributed by atoms with Crippen LogP contribution in [0.15, 0.2) is 48.9 Å². The van der Waals surface area contributed by atoms with Gasteiger partial charge in [0.2, 0.25) is 11.9 Å². The van der Waals surface area contributed by atoms with E-state index in [1.807, 2.05) is 40.8 Å². The van der Waals surface area contributed by atoms with Gasteiger partial charge in [-0.15, -0.1) is 0 Å². The Morgan fingerprint density at radius 2 is 2.10 bits per heavy atom. The number of nitrogens with zero attached hydrogens (tertiary/aromatic N) is 6. The van der Waals surface area contributed by atoms with Crippen molar-refractivity contribution >= 4 is 46.6 Å². The molecular formula is C26H32ClN9O3. The van der Waals surface area contributed by atoms with Crippen LogP contribution in [0.2, 0.25) is 5.02 Å². The lowest BCUT2D eigenvalue weighted by molar-refractivity contribution is -0.127. The molecule has 0 spiro atoms. The number of piperidine rings is 1. The predicted octanol–water partition coefficient (Wildman–Crippen LogP) is 3.20. The molecule has 4 N–H and O–H groups in total. The average molecular weight is 554 g/mol. The molecule has 2 amide bonds. The summed E-state index contributed by atoms with van der Waals surface area (Å²) in [6, 6.07) is 5.21. The summed E-state index contributed by atoms with van der Waals surface area (Å²) in [5.74, 6) is 0.170. The van der Waals surface area contributed by atoms with E-state index in [1.54, 1.807) is 30.5 Å². The Kier molecular flexibility index (Phi) is 8.99. The minimum Gasteiger partial charge on any atom is -0.495 e. The van der Waals surface area contributed by atoms with Gasteiger partial charge < -0.3 is 30.9 Å². The molecule has 12 nitrogen and oxygen atoms in total. The van der Waals surface area contributed by atoms with Gasteiger partial charge in [-0.1, -0.05) is 23.7 Å². The summed E-state index contributed by atoms with van der Waals surface area (Å²) in [6.45, 7) is 2.01. The molecule has 1 aliphatic heterocycles. The van der Waals surface area contributed by atoms with Crippen molar-refractivity contribution in [3.05, 3.63) is 59.5 Å². The highest BCUT2D eigenvalue weighted by Crippen LogP contribution is 2.35. The number of rotatable bonds is 10. The number of likely N-dealkylation sites (N-methyl/N-ethyl adjacent to an activating group) is 1. The standard InChI is InChI=1S/C26H32ClN9O3/c1-34(2)11-6-10-22(37)35-12-5-7-18(16-35)36-15-17(13-30-36)31-26-29-14-19(24(28)38)25(33-26)32-23-20(27)8-4-9-21(23)39-3/h4,6,8-10,13-15,18H,5,7,11-12,16H2,1-3H3,(H2,28,38)(H2,29,31,32,33)/b10-6+/t18-/m0/s1. The van der Waals surface area contributed by atoms with Crippen molar-refractivity contribution in [2.75, 3.05) is 51.5 Å². The van der Waals surface area contributed by atoms with Gasteiger partial charge in [0, 0.05) is 38.1 Å². The molecule has 3 heterocycles. The normalized spacial score (nSPS) is 15.5. The number of hydrogen-bond acceptors (Lipinski definition) is 9. The Labute approximate surface area is 231 Å². The summed E-state index contributed by atoms with van der Waals surface area (Å²) >= 11 is 6.34. The molecule has 3 aromatic rings. The number of amides is 2. The van der Waals surface area contributed by atoms with Crippen LogP contribution >= 0.6 is 11.6 Å². The van der Waals surface area contributed by atoms with Crippen LogP contribution in [-0.2, 0) is 4.79 Å². The van der Waals surface area contributed by atoms with Crippen molar-refractivity contribution in [1.82, 2.24) is 29.5 Å². The van der Waals surface area contributed by atoms with Crippen LogP contribution in [0, 0.1) is 0 Å². The zero-order valence-electron chi connectivity index (χ0n) is 22.1. The Hall–Kier alpha value is -4.16. The highest BCUT2D eigenvalue weighted by molar-refractivity contribution is 6.33. The quantitative estimate of drug-likeness (QED) is 0.322. The van der Waals surface area contributed by atoms with Gasteiger partial charge >= 0.3 is 0 Å². The van der Waals surface area contributed by atoms with Crippen LogP contribution in [0.3, 0.4) is 0 Å². The van der Waals surface area contributed by atoms with Crippen molar-refractivity contribution in [3.8, 4) is 5.75 Å². The number of ether oxygens (including phenoxy) is 1. The lowest BCUT2D eigenvalue weighted by atomic mass is 10.1. The van der Waals surface area contributed by atoms with E-state index in [2.05, 4.69) is 25.7 Å². The molecule has 39 heavy (non-hydrogen) atoms. The van der Waals surface area contributed by atoms with Crippen LogP contribution in [0.5, 0.6) is 5.75 Å². The molecule has 2 aromatic heterocycles. The minimum absolute atomic E-state index is 0.00479. The number of methoxy groups -OCH3 is 1. The van der Waals surface area contributed by atoms with Gasteiger partial charge in [-0.3, -0.25) is 14.3 Å². The average Bonchev–Trinajstić information content (AvgIpc) is 3.38. The fraction of sp³-hybridized carbons (Fsp3) is 0.346. The summed E-state index contributed by atoms with van der Waals surface area (Å²) in [5, 5.41) is 11.0. The molecule has 0 unspecified atom stereocenters. The smallest absolute Gasteiger partial charge is 0.254 e. The zero-order valence-corrected chi connectivity index (χ0v) is 22.9. The Morgan fingerprint density at radius 3 is 2.85 bits per heavy atom. The van der Waals surface area contributed by atoms with E-state index in [9.17, 15) is 9.59 Å². The minimum atomic E-state index is -0.698. The molecule has 0 saturated carbocycles. The number of carbonyl (C=O) groups excluding carboxylic acids is 2. The van der Waals surface area contributed by atoms with E-state index in [-0.39, 0.29) is 29.3 Å². The Bertz CT molecular complexity index is 1360. The number of carbonyl (C=O) groups is 2. The largest absolute Gasteiger partial charge is 0.495 e. The fourth-order valence-electron chi connectivity index (χ4n) is 4.20. The highest BCUT2D eigenvalue weighted by atomic mass is 35.5. The Balaban J connectivity index is 1.48. The maximum Gasteiger partial charge on any atom is 0.254 e. The summed E-state index contributed by atoms with van der Waals surface area (Å²) in [4.78, 5) is 37.2. The second kappa shape index (κ2) is 12.6. The molecule has 0 aliphatic carbocycles. The number of hydrogen-bond donors (Lipinski definition) is 3. The monoisotopic (exact) mass is 553 g/mol. The molecule has 0 bridgehead atoms. The molecule has 4 rings (SSSR count). The number of likely N-dealkylation sites (tertiary alicyclic amines) is 1. The molecule has 1 atom stereocenters. The Morgan fingerprint density at radius 1 is 1.28 bits per heavy atom. The molecule has 1 fully saturated rings. The molecular weight excluding hydrogens is 522 g/mol. The molecule has 1 saturated heterocycles. The second-order valence-corrected chi connectivity index (χ2v) is 9.75. The number of halogens is 1. The number of para-hydroxylation sites is 1. The first-order valence-electron chi connectivity index (χ1n) is 12.4. The summed E-state index contributed by atoms with van der Waals surface area (Å²) < 4.78 is 7.22. The van der Waals surface area contributed by atoms with Gasteiger partial charge in [-0.25, -0.2) is 4.98 Å². The topological polar surface area (TPSA) is 144 Å². The van der Waals surface area contributed by atoms with Crippen LogP contribution < -0.4 is 21.1 Å². The predicted molar refractivity (Wildman–Crippen MR) is 150 cm³/mol. The first-order chi connectivity index (χ1) is 18.7. The van der Waals surface area contributed by atoms with Gasteiger partial charge in [0.15, 0.2) is 0 Å². The van der Waals surface area contributed by atoms with E-state index < -0.39 is 5.91 Å². The van der Waals surface area contributed by atoms with Crippen molar-refractivity contribution in [2.24, 2.45) is 5.73 Å². The van der Waals surface area contributed by atoms with E-state index in [4.69, 9.17) is 22.1 Å². The molecule has 1 aliphatic rings. The maximum atomic E-state index is 12.6. The van der Waals surface area contributed by atoms with Crippen LogP contribution in [0.1, 0.15) is 29.2 Å². The lowest BCUT2D eigenvalue weighted by Gasteiger charge is -2.32. The molecule has 13 heteroatoms. The molecule has 206 valence electrons. The van der Waals surface area contributed by atoms with Crippen LogP contribution in [0.25, 0.3) is 0 Å². The third-order valence-corrected chi connectivity index (χ3v) is 6.48. The second-order valence-electron chi connectivity index (χ2n) is 9.34. The van der Waals surface area contributed by atoms with Crippen LogP contribution in [0.4, 0.5) is 23.1 Å². The number of nitrogens with two attached hydrogens (primary N) is 1. The van der Waals surface area contributed by atoms with Crippen LogP contribution in [-0.4, -0.2) is 82.2 Å². The van der Waals surface area contributed by atoms with E-state index >= 15 is 0 Å². The number of anilines is 4. The van der Waals surface area contributed by atoms with Crippen molar-refractivity contribution in [3.63, 3.8) is 0 Å². The summed E-state index contributed by atoms with van der Waals surface area (Å²) in [5.41, 5.74) is 6.72. The summed E-state index contributed by atoms with van der Waals surface area (Å²) in [7, 11) is 5.43. The third kappa shape index (κ3) is 7.03. The SMILES string of the molecule is COc1cccc(Cl)c1Nc1nc(Nc2cnn([C@H]3CCCN(C(=O)/C=C/CN(C)C)C3)c2)ncc1C(N)=O. The number of aromatic nitrogens is 4. The van der Waals surface area contributed by atoms with Gasteiger partial charge in [0.1, 0.15) is 22.8 Å². The van der Waals surface area contributed by atoms with E-state index in [0.717, 1.165) is 19.4 Å². The molecule has 0 radical (unpaired) electrons. The summed E-state index contributed by atoms with van der Waals surface area (Å²) in [6.07, 6.45) is 10.1. The number of primary amides is 1. The fourth-order valence-corrected chi connectivity index (χ4v) is 4.42. The van der Waals surface area contributed by atoms with Crippen molar-refractivity contribution in [1.29, 1.82) is 0 Å². The maximum absolute atomic E-state index is 12.6. The zero-order chi connectivity index (χ0) is 27.9. The highest BCUT2D eigenvalue weighted by Gasteiger charge is 2.24.